The van der Waals surface area contributed by atoms with Gasteiger partial charge in [0.15, 0.2) is 10.9 Å². The van der Waals surface area contributed by atoms with Crippen LogP contribution in [0.3, 0.4) is 0 Å². The molecule has 4 rings (SSSR count). The van der Waals surface area contributed by atoms with E-state index in [1.54, 1.807) is 41.7 Å². The summed E-state index contributed by atoms with van der Waals surface area (Å²) in [7, 11) is 0. The normalized spacial score (nSPS) is 14.0. The Morgan fingerprint density at radius 3 is 2.42 bits per heavy atom. The Kier molecular flexibility index (Phi) is 4.42. The molecule has 0 N–H and O–H groups in total. The number of thiazole rings is 1. The Bertz CT molecular complexity index is 972. The van der Waals surface area contributed by atoms with Crippen molar-refractivity contribution < 1.29 is 14.3 Å². The molecule has 2 heterocycles. The smallest absolute Gasteiger partial charge is 0.343 e. The van der Waals surface area contributed by atoms with Crippen molar-refractivity contribution in [1.82, 2.24) is 4.98 Å². The number of anilines is 1. The van der Waals surface area contributed by atoms with Gasteiger partial charge < -0.3 is 9.64 Å². The number of hydrogen-bond donors (Lipinski definition) is 0. The van der Waals surface area contributed by atoms with Crippen molar-refractivity contribution in [2.75, 3.05) is 18.0 Å². The molecule has 0 atom stereocenters. The lowest BCUT2D eigenvalue weighted by molar-refractivity contribution is 0.0734. The predicted octanol–water partition coefficient (Wildman–Crippen LogP) is 4.32. The Hall–Kier alpha value is -2.73. The number of hydrogen-bond acceptors (Lipinski definition) is 6. The van der Waals surface area contributed by atoms with Crippen molar-refractivity contribution >= 4 is 38.4 Å². The lowest BCUT2D eigenvalue weighted by Crippen LogP contribution is -2.16. The van der Waals surface area contributed by atoms with Gasteiger partial charge in [0.2, 0.25) is 0 Å². The molecule has 0 aliphatic carbocycles. The fourth-order valence-corrected chi connectivity index (χ4v) is 4.05. The largest absolute Gasteiger partial charge is 0.423 e. The quantitative estimate of drug-likeness (QED) is 0.391. The molecule has 5 nitrogen and oxygen atoms in total. The monoisotopic (exact) mass is 366 g/mol. The number of aromatic nitrogens is 1. The van der Waals surface area contributed by atoms with Crippen LogP contribution in [0.1, 0.15) is 40.5 Å². The van der Waals surface area contributed by atoms with Crippen molar-refractivity contribution in [2.24, 2.45) is 0 Å². The molecular formula is C20H18N2O3S. The van der Waals surface area contributed by atoms with Gasteiger partial charge in [0.1, 0.15) is 5.75 Å². The maximum absolute atomic E-state index is 12.3. The molecule has 1 aliphatic rings. The lowest BCUT2D eigenvalue weighted by atomic mass is 10.1. The van der Waals surface area contributed by atoms with Gasteiger partial charge in [0, 0.05) is 24.7 Å². The maximum atomic E-state index is 12.3. The van der Waals surface area contributed by atoms with Crippen molar-refractivity contribution in [3.63, 3.8) is 0 Å². The highest BCUT2D eigenvalue weighted by Gasteiger charge is 2.17. The van der Waals surface area contributed by atoms with Crippen LogP contribution in [0.15, 0.2) is 42.5 Å². The van der Waals surface area contributed by atoms with E-state index in [0.717, 1.165) is 28.4 Å². The number of fused-ring (bicyclic) bond motifs is 1. The molecule has 26 heavy (non-hydrogen) atoms. The summed E-state index contributed by atoms with van der Waals surface area (Å²) in [6.45, 7) is 3.60. The molecule has 1 aliphatic heterocycles. The van der Waals surface area contributed by atoms with Crippen molar-refractivity contribution in [3.05, 3.63) is 53.6 Å². The second kappa shape index (κ2) is 6.88. The number of benzene rings is 2. The SMILES string of the molecule is CC(=O)c1ccc(C(=O)Oc2ccc3nc(N4CCCC4)sc3c2)cc1. The number of esters is 1. The topological polar surface area (TPSA) is 59.5 Å². The summed E-state index contributed by atoms with van der Waals surface area (Å²) in [5.74, 6) is 0.0212. The molecule has 132 valence electrons. The Labute approximate surface area is 155 Å². The first-order chi connectivity index (χ1) is 12.6. The minimum atomic E-state index is -0.441. The van der Waals surface area contributed by atoms with Gasteiger partial charge in [-0.05, 0) is 44.0 Å². The predicted molar refractivity (Wildman–Crippen MR) is 102 cm³/mol. The second-order valence-electron chi connectivity index (χ2n) is 6.34. The summed E-state index contributed by atoms with van der Waals surface area (Å²) < 4.78 is 6.49. The van der Waals surface area contributed by atoms with E-state index in [0.29, 0.717) is 16.9 Å². The second-order valence-corrected chi connectivity index (χ2v) is 7.35. The minimum absolute atomic E-state index is 0.0330. The summed E-state index contributed by atoms with van der Waals surface area (Å²) >= 11 is 1.62. The number of ketones is 1. The molecule has 0 amide bonds. The Morgan fingerprint density at radius 2 is 1.73 bits per heavy atom. The van der Waals surface area contributed by atoms with E-state index < -0.39 is 5.97 Å². The average Bonchev–Trinajstić information content (AvgIpc) is 3.30. The molecule has 0 saturated carbocycles. The van der Waals surface area contributed by atoms with Crippen LogP contribution < -0.4 is 9.64 Å². The van der Waals surface area contributed by atoms with E-state index in [1.807, 2.05) is 12.1 Å². The van der Waals surface area contributed by atoms with E-state index in [9.17, 15) is 9.59 Å². The van der Waals surface area contributed by atoms with E-state index in [4.69, 9.17) is 4.74 Å². The van der Waals surface area contributed by atoms with Crippen LogP contribution in [0.2, 0.25) is 0 Å². The number of Topliss-reactive ketones (excluding diaryl/α,β-unsaturated/α-hetero) is 1. The molecule has 3 aromatic rings. The summed E-state index contributed by atoms with van der Waals surface area (Å²) in [6, 6.07) is 12.0. The van der Waals surface area contributed by atoms with Gasteiger partial charge >= 0.3 is 5.97 Å². The summed E-state index contributed by atoms with van der Waals surface area (Å²) in [5, 5.41) is 1.03. The zero-order valence-electron chi connectivity index (χ0n) is 14.4. The lowest BCUT2D eigenvalue weighted by Gasteiger charge is -2.11. The van der Waals surface area contributed by atoms with E-state index in [1.165, 1.54) is 19.8 Å². The third-order valence-electron chi connectivity index (χ3n) is 4.46. The zero-order chi connectivity index (χ0) is 18.1. The van der Waals surface area contributed by atoms with Crippen LogP contribution >= 0.6 is 11.3 Å². The molecule has 0 bridgehead atoms. The van der Waals surface area contributed by atoms with E-state index in [2.05, 4.69) is 9.88 Å². The number of carbonyl (C=O) groups is 2. The number of carbonyl (C=O) groups excluding carboxylic acids is 2. The Balaban J connectivity index is 1.52. The van der Waals surface area contributed by atoms with Gasteiger partial charge in [0.25, 0.3) is 0 Å². The Morgan fingerprint density at radius 1 is 1.04 bits per heavy atom. The average molecular weight is 366 g/mol. The number of rotatable bonds is 4. The molecular weight excluding hydrogens is 348 g/mol. The van der Waals surface area contributed by atoms with E-state index >= 15 is 0 Å². The summed E-state index contributed by atoms with van der Waals surface area (Å²) in [4.78, 5) is 30.6. The summed E-state index contributed by atoms with van der Waals surface area (Å²) in [6.07, 6.45) is 2.42. The first-order valence-electron chi connectivity index (χ1n) is 8.59. The van der Waals surface area contributed by atoms with Gasteiger partial charge in [-0.3, -0.25) is 4.79 Å². The van der Waals surface area contributed by atoms with Gasteiger partial charge in [-0.15, -0.1) is 0 Å². The van der Waals surface area contributed by atoms with Gasteiger partial charge in [0.05, 0.1) is 15.8 Å². The van der Waals surface area contributed by atoms with Crippen molar-refractivity contribution in [3.8, 4) is 5.75 Å². The fraction of sp³-hybridized carbons (Fsp3) is 0.250. The highest BCUT2D eigenvalue weighted by atomic mass is 32.1. The minimum Gasteiger partial charge on any atom is -0.423 e. The van der Waals surface area contributed by atoms with Crippen LogP contribution in [-0.4, -0.2) is 29.8 Å². The van der Waals surface area contributed by atoms with Crippen LogP contribution in [0.4, 0.5) is 5.13 Å². The molecule has 0 unspecified atom stereocenters. The molecule has 1 fully saturated rings. The van der Waals surface area contributed by atoms with Gasteiger partial charge in [-0.25, -0.2) is 9.78 Å². The summed E-state index contributed by atoms with van der Waals surface area (Å²) in [5.41, 5.74) is 1.90. The third-order valence-corrected chi connectivity index (χ3v) is 5.54. The van der Waals surface area contributed by atoms with E-state index in [-0.39, 0.29) is 5.78 Å². The van der Waals surface area contributed by atoms with Crippen LogP contribution in [0, 0.1) is 0 Å². The van der Waals surface area contributed by atoms with Gasteiger partial charge in [-0.1, -0.05) is 23.5 Å². The molecule has 0 spiro atoms. The highest BCUT2D eigenvalue weighted by molar-refractivity contribution is 7.22. The fourth-order valence-electron chi connectivity index (χ4n) is 3.01. The number of nitrogens with zero attached hydrogens (tertiary/aromatic N) is 2. The molecule has 1 aromatic heterocycles. The molecule has 0 radical (unpaired) electrons. The van der Waals surface area contributed by atoms with Crippen LogP contribution in [-0.2, 0) is 0 Å². The molecule has 2 aromatic carbocycles. The standard InChI is InChI=1S/C20H18N2O3S/c1-13(23)14-4-6-15(7-5-14)19(24)25-16-8-9-17-18(12-16)26-20(21-17)22-10-2-3-11-22/h4-9,12H,2-3,10-11H2,1H3. The maximum Gasteiger partial charge on any atom is 0.343 e. The first-order valence-corrected chi connectivity index (χ1v) is 9.40. The van der Waals surface area contributed by atoms with Crippen molar-refractivity contribution in [1.29, 1.82) is 0 Å². The van der Waals surface area contributed by atoms with Crippen LogP contribution in [0.25, 0.3) is 10.2 Å². The molecule has 6 heteroatoms. The third kappa shape index (κ3) is 3.32. The van der Waals surface area contributed by atoms with Crippen molar-refractivity contribution in [2.45, 2.75) is 19.8 Å². The van der Waals surface area contributed by atoms with Gasteiger partial charge in [-0.2, -0.15) is 0 Å². The molecule has 1 saturated heterocycles. The highest BCUT2D eigenvalue weighted by Crippen LogP contribution is 2.33. The first kappa shape index (κ1) is 16.7. The zero-order valence-corrected chi connectivity index (χ0v) is 15.2. The number of ether oxygens (including phenoxy) is 1. The van der Waals surface area contributed by atoms with Crippen LogP contribution in [0.5, 0.6) is 5.75 Å².